The normalized spacial score (nSPS) is 14.0. The van der Waals surface area contributed by atoms with Crippen molar-refractivity contribution < 1.29 is 9.90 Å². The van der Waals surface area contributed by atoms with Crippen LogP contribution in [0.4, 0.5) is 0 Å². The second-order valence-corrected chi connectivity index (χ2v) is 6.15. The van der Waals surface area contributed by atoms with E-state index in [1.807, 2.05) is 61.5 Å². The van der Waals surface area contributed by atoms with Crippen LogP contribution in [-0.4, -0.2) is 21.8 Å². The zero-order valence-corrected chi connectivity index (χ0v) is 13.7. The molecule has 3 aromatic rings. The van der Waals surface area contributed by atoms with Gasteiger partial charge in [-0.1, -0.05) is 48.0 Å². The first-order valence-corrected chi connectivity index (χ1v) is 8.08. The number of para-hydroxylation sites is 1. The van der Waals surface area contributed by atoms with Crippen LogP contribution in [0.25, 0.3) is 16.5 Å². The van der Waals surface area contributed by atoms with E-state index in [0.29, 0.717) is 6.42 Å². The van der Waals surface area contributed by atoms with E-state index < -0.39 is 5.97 Å². The number of allylic oxidation sites excluding steroid dienone is 1. The minimum absolute atomic E-state index is 0.118. The van der Waals surface area contributed by atoms with E-state index >= 15 is 0 Å². The van der Waals surface area contributed by atoms with Gasteiger partial charge in [0.15, 0.2) is 5.70 Å². The van der Waals surface area contributed by atoms with E-state index in [9.17, 15) is 9.90 Å². The second kappa shape index (κ2) is 5.98. The van der Waals surface area contributed by atoms with E-state index in [0.717, 1.165) is 38.9 Å². The summed E-state index contributed by atoms with van der Waals surface area (Å²) in [5.74, 6) is -1.00. The van der Waals surface area contributed by atoms with Crippen molar-refractivity contribution in [1.29, 1.82) is 0 Å². The number of pyridine rings is 1. The van der Waals surface area contributed by atoms with Crippen molar-refractivity contribution in [2.45, 2.75) is 13.3 Å². The van der Waals surface area contributed by atoms with Crippen LogP contribution in [-0.2, 0) is 4.79 Å². The third-order valence-corrected chi connectivity index (χ3v) is 4.40. The number of aromatic nitrogens is 1. The van der Waals surface area contributed by atoms with Crippen LogP contribution in [0.15, 0.2) is 71.5 Å². The van der Waals surface area contributed by atoms with Crippen LogP contribution in [0.3, 0.4) is 0 Å². The molecule has 1 N–H and O–H groups in total. The number of aliphatic imine (C=N–C) groups is 1. The van der Waals surface area contributed by atoms with Crippen LogP contribution in [0.1, 0.15) is 23.1 Å². The zero-order chi connectivity index (χ0) is 17.4. The molecule has 0 radical (unpaired) electrons. The van der Waals surface area contributed by atoms with Crippen LogP contribution in [0.5, 0.6) is 0 Å². The summed E-state index contributed by atoms with van der Waals surface area (Å²) in [4.78, 5) is 20.5. The molecule has 0 saturated carbocycles. The van der Waals surface area contributed by atoms with Gasteiger partial charge >= 0.3 is 5.97 Å². The number of carbonyl (C=O) groups is 1. The fourth-order valence-corrected chi connectivity index (χ4v) is 3.06. The van der Waals surface area contributed by atoms with Gasteiger partial charge in [-0.3, -0.25) is 4.98 Å². The summed E-state index contributed by atoms with van der Waals surface area (Å²) in [6.07, 6.45) is 2.25. The van der Waals surface area contributed by atoms with Gasteiger partial charge in [-0.25, -0.2) is 9.79 Å². The number of aliphatic carboxylic acids is 1. The summed E-state index contributed by atoms with van der Waals surface area (Å²) >= 11 is 0. The van der Waals surface area contributed by atoms with Gasteiger partial charge in [0.1, 0.15) is 0 Å². The number of nitrogens with zero attached hydrogens (tertiary/aromatic N) is 2. The fourth-order valence-electron chi connectivity index (χ4n) is 3.06. The van der Waals surface area contributed by atoms with Crippen molar-refractivity contribution in [1.82, 2.24) is 4.98 Å². The maximum atomic E-state index is 11.7. The van der Waals surface area contributed by atoms with Crippen LogP contribution in [0.2, 0.25) is 0 Å². The molecule has 0 fully saturated rings. The molecular formula is C21H16N2O2. The van der Waals surface area contributed by atoms with E-state index in [1.165, 1.54) is 0 Å². The Kier molecular flexibility index (Phi) is 3.65. The van der Waals surface area contributed by atoms with Gasteiger partial charge < -0.3 is 5.11 Å². The number of fused-ring (bicyclic) bond motifs is 1. The minimum atomic E-state index is -1.00. The molecule has 0 saturated heterocycles. The van der Waals surface area contributed by atoms with Crippen molar-refractivity contribution >= 4 is 28.2 Å². The Labute approximate surface area is 145 Å². The van der Waals surface area contributed by atoms with E-state index in [4.69, 9.17) is 0 Å². The fraction of sp³-hybridized carbons (Fsp3) is 0.0952. The zero-order valence-electron chi connectivity index (χ0n) is 13.7. The maximum absolute atomic E-state index is 11.7. The summed E-state index contributed by atoms with van der Waals surface area (Å²) in [7, 11) is 0. The Balaban J connectivity index is 1.74. The van der Waals surface area contributed by atoms with Gasteiger partial charge in [-0.15, -0.1) is 0 Å². The van der Waals surface area contributed by atoms with Crippen LogP contribution in [0, 0.1) is 6.92 Å². The van der Waals surface area contributed by atoms with Crippen molar-refractivity contribution in [3.63, 3.8) is 0 Å². The highest BCUT2D eigenvalue weighted by Crippen LogP contribution is 2.32. The molecule has 122 valence electrons. The first-order valence-electron chi connectivity index (χ1n) is 8.08. The number of hydrogen-bond acceptors (Lipinski definition) is 3. The van der Waals surface area contributed by atoms with E-state index in [-0.39, 0.29) is 5.70 Å². The lowest BCUT2D eigenvalue weighted by atomic mass is 9.97. The molecule has 1 aromatic heterocycles. The first kappa shape index (κ1) is 15.3. The largest absolute Gasteiger partial charge is 0.477 e. The Morgan fingerprint density at radius 2 is 1.80 bits per heavy atom. The van der Waals surface area contributed by atoms with Gasteiger partial charge in [0.05, 0.1) is 11.2 Å². The molecule has 4 nitrogen and oxygen atoms in total. The van der Waals surface area contributed by atoms with E-state index in [2.05, 4.69) is 9.98 Å². The molecule has 0 amide bonds. The quantitative estimate of drug-likeness (QED) is 0.782. The second-order valence-electron chi connectivity index (χ2n) is 6.15. The van der Waals surface area contributed by atoms with Gasteiger partial charge in [0.25, 0.3) is 0 Å². The highest BCUT2D eigenvalue weighted by Gasteiger charge is 2.25. The van der Waals surface area contributed by atoms with Crippen LogP contribution < -0.4 is 0 Å². The summed E-state index contributed by atoms with van der Waals surface area (Å²) in [6, 6.07) is 17.7. The van der Waals surface area contributed by atoms with Crippen molar-refractivity contribution in [2.24, 2.45) is 4.99 Å². The number of carboxylic acid groups (broad SMARTS) is 1. The topological polar surface area (TPSA) is 62.5 Å². The smallest absolute Gasteiger partial charge is 0.354 e. The number of hydrogen-bond donors (Lipinski definition) is 1. The van der Waals surface area contributed by atoms with E-state index in [1.54, 1.807) is 6.20 Å². The highest BCUT2D eigenvalue weighted by molar-refractivity contribution is 6.16. The lowest BCUT2D eigenvalue weighted by molar-refractivity contribution is -0.132. The molecule has 0 aliphatic carbocycles. The molecule has 0 atom stereocenters. The molecule has 0 unspecified atom stereocenters. The molecule has 4 heteroatoms. The number of carboxylic acids is 1. The lowest BCUT2D eigenvalue weighted by Crippen LogP contribution is -1.99. The number of aryl methyl sites for hydroxylation is 1. The molecular weight excluding hydrogens is 312 g/mol. The Morgan fingerprint density at radius 1 is 1.04 bits per heavy atom. The Hall–Kier alpha value is -3.27. The van der Waals surface area contributed by atoms with Gasteiger partial charge in [0, 0.05) is 23.6 Å². The Morgan fingerprint density at radius 3 is 2.56 bits per heavy atom. The van der Waals surface area contributed by atoms with Crippen molar-refractivity contribution in [3.05, 3.63) is 83.2 Å². The third kappa shape index (κ3) is 2.83. The molecule has 0 spiro atoms. The average molecular weight is 328 g/mol. The minimum Gasteiger partial charge on any atom is -0.477 e. The average Bonchev–Trinajstić information content (AvgIpc) is 3.07. The number of rotatable bonds is 3. The highest BCUT2D eigenvalue weighted by atomic mass is 16.4. The molecule has 0 bridgehead atoms. The molecule has 25 heavy (non-hydrogen) atoms. The summed E-state index contributed by atoms with van der Waals surface area (Å²) < 4.78 is 0. The molecule has 1 aliphatic rings. The van der Waals surface area contributed by atoms with Gasteiger partial charge in [-0.2, -0.15) is 0 Å². The molecule has 2 aromatic carbocycles. The predicted molar refractivity (Wildman–Crippen MR) is 98.6 cm³/mol. The standard InChI is InChI=1S/C21H16N2O2/c1-13-6-8-14(9-7-13)17-11-19(23-20(17)21(24)25)16-10-15-4-2-3-5-18(15)22-12-16/h2-10,12H,11H2,1H3,(H,24,25). The van der Waals surface area contributed by atoms with Crippen molar-refractivity contribution in [2.75, 3.05) is 0 Å². The van der Waals surface area contributed by atoms with Crippen molar-refractivity contribution in [3.8, 4) is 0 Å². The molecule has 2 heterocycles. The number of benzene rings is 2. The maximum Gasteiger partial charge on any atom is 0.354 e. The third-order valence-electron chi connectivity index (χ3n) is 4.40. The Bertz CT molecular complexity index is 1050. The SMILES string of the molecule is Cc1ccc(C2=C(C(=O)O)N=C(c3cnc4ccccc4c3)C2)cc1. The predicted octanol–water partition coefficient (Wildman–Crippen LogP) is 4.23. The van der Waals surface area contributed by atoms with Gasteiger partial charge in [-0.05, 0) is 30.2 Å². The monoisotopic (exact) mass is 328 g/mol. The molecule has 4 rings (SSSR count). The van der Waals surface area contributed by atoms with Gasteiger partial charge in [0.2, 0.25) is 0 Å². The van der Waals surface area contributed by atoms with Crippen LogP contribution >= 0.6 is 0 Å². The summed E-state index contributed by atoms with van der Waals surface area (Å²) in [5, 5.41) is 10.6. The summed E-state index contributed by atoms with van der Waals surface area (Å²) in [5.41, 5.74) is 5.41. The lowest BCUT2D eigenvalue weighted by Gasteiger charge is -2.06. The summed E-state index contributed by atoms with van der Waals surface area (Å²) in [6.45, 7) is 2.01. The first-order chi connectivity index (χ1) is 12.1. The molecule has 1 aliphatic heterocycles.